The average Bonchev–Trinajstić information content (AvgIpc) is 3.34. The fourth-order valence-corrected chi connectivity index (χ4v) is 5.96. The molecule has 0 aliphatic heterocycles. The molecule has 1 aromatic heterocycles. The number of halogens is 4. The summed E-state index contributed by atoms with van der Waals surface area (Å²) >= 11 is 6.16. The van der Waals surface area contributed by atoms with Gasteiger partial charge in [-0.1, -0.05) is 11.6 Å². The van der Waals surface area contributed by atoms with Gasteiger partial charge < -0.3 is 9.88 Å². The molecule has 1 aromatic carbocycles. The fraction of sp³-hybridized carbons (Fsp3) is 0.368. The molecule has 3 rings (SSSR count). The first-order valence-electron chi connectivity index (χ1n) is 8.78. The molecule has 30 heavy (non-hydrogen) atoms. The molecule has 0 bridgehead atoms. The van der Waals surface area contributed by atoms with Crippen LogP contribution in [-0.4, -0.2) is 30.6 Å². The van der Waals surface area contributed by atoms with Gasteiger partial charge >= 0.3 is 0 Å². The maximum Gasteiger partial charge on any atom is 0.273 e. The summed E-state index contributed by atoms with van der Waals surface area (Å²) in [6.07, 6.45) is 1.26. The van der Waals surface area contributed by atoms with Crippen LogP contribution in [0.4, 0.5) is 18.9 Å². The lowest BCUT2D eigenvalue weighted by Gasteiger charge is -2.22. The number of sulfone groups is 1. The van der Waals surface area contributed by atoms with Crippen LogP contribution in [0.2, 0.25) is 5.02 Å². The topological polar surface area (TPSA) is 92.0 Å². The summed E-state index contributed by atoms with van der Waals surface area (Å²) in [7, 11) is -2.82. The van der Waals surface area contributed by atoms with Crippen LogP contribution in [0.3, 0.4) is 0 Å². The van der Waals surface area contributed by atoms with Crippen LogP contribution in [0.5, 0.6) is 0 Å². The van der Waals surface area contributed by atoms with E-state index in [0.29, 0.717) is 6.92 Å². The SMILES string of the molecule is Cn1cc(S(=O)(=O)CC2(C(C)(F)F)CC2)c(Cl)c1C(=O)Nc1ccc(F)c(C#N)c1. The second-order valence-electron chi connectivity index (χ2n) is 7.46. The Hall–Kier alpha value is -2.51. The molecule has 0 saturated heterocycles. The molecule has 1 saturated carbocycles. The number of nitrogens with one attached hydrogen (secondary N) is 1. The molecule has 0 unspecified atom stereocenters. The van der Waals surface area contributed by atoms with Gasteiger partial charge in [-0.2, -0.15) is 5.26 Å². The van der Waals surface area contributed by atoms with Gasteiger partial charge in [0.15, 0.2) is 9.84 Å². The minimum absolute atomic E-state index is 0.0827. The van der Waals surface area contributed by atoms with Gasteiger partial charge in [0, 0.05) is 24.3 Å². The number of rotatable bonds is 6. The van der Waals surface area contributed by atoms with Gasteiger partial charge in [0.2, 0.25) is 0 Å². The zero-order chi connectivity index (χ0) is 22.5. The first-order chi connectivity index (χ1) is 13.8. The second-order valence-corrected chi connectivity index (χ2v) is 9.79. The molecular weight excluding hydrogens is 443 g/mol. The molecule has 1 aliphatic carbocycles. The van der Waals surface area contributed by atoms with Crippen LogP contribution in [0.25, 0.3) is 0 Å². The number of hydrogen-bond donors (Lipinski definition) is 1. The highest BCUT2D eigenvalue weighted by Gasteiger charge is 2.61. The Labute approximate surface area is 176 Å². The molecule has 0 radical (unpaired) electrons. The zero-order valence-electron chi connectivity index (χ0n) is 16.0. The number of carbonyl (C=O) groups is 1. The Morgan fingerprint density at radius 2 is 2.03 bits per heavy atom. The third-order valence-electron chi connectivity index (χ3n) is 5.23. The van der Waals surface area contributed by atoms with Crippen molar-refractivity contribution in [3.8, 4) is 6.07 Å². The minimum atomic E-state index is -4.20. The molecule has 0 spiro atoms. The van der Waals surface area contributed by atoms with E-state index >= 15 is 0 Å². The van der Waals surface area contributed by atoms with Gasteiger partial charge in [-0.3, -0.25) is 4.79 Å². The van der Waals surface area contributed by atoms with Crippen LogP contribution in [0, 0.1) is 22.6 Å². The van der Waals surface area contributed by atoms with Crippen molar-refractivity contribution in [3.63, 3.8) is 0 Å². The number of benzene rings is 1. The third-order valence-corrected chi connectivity index (χ3v) is 7.64. The van der Waals surface area contributed by atoms with Gasteiger partial charge in [-0.25, -0.2) is 21.6 Å². The average molecular weight is 460 g/mol. The summed E-state index contributed by atoms with van der Waals surface area (Å²) in [4.78, 5) is 12.2. The predicted molar refractivity (Wildman–Crippen MR) is 104 cm³/mol. The van der Waals surface area contributed by atoms with Crippen LogP contribution < -0.4 is 5.32 Å². The first-order valence-corrected chi connectivity index (χ1v) is 10.8. The van der Waals surface area contributed by atoms with E-state index in [2.05, 4.69) is 5.32 Å². The lowest BCUT2D eigenvalue weighted by Crippen LogP contribution is -2.33. The summed E-state index contributed by atoms with van der Waals surface area (Å²) in [6.45, 7) is 0.694. The van der Waals surface area contributed by atoms with Crippen molar-refractivity contribution < 1.29 is 26.4 Å². The molecule has 0 atom stereocenters. The van der Waals surface area contributed by atoms with Crippen molar-refractivity contribution in [1.29, 1.82) is 5.26 Å². The largest absolute Gasteiger partial charge is 0.344 e. The number of carbonyl (C=O) groups excluding carboxylic acids is 1. The van der Waals surface area contributed by atoms with E-state index in [0.717, 1.165) is 18.3 Å². The first kappa shape index (κ1) is 22.2. The van der Waals surface area contributed by atoms with Crippen LogP contribution in [0.15, 0.2) is 29.3 Å². The molecular formula is C19H17ClF3N3O3S. The van der Waals surface area contributed by atoms with Crippen molar-refractivity contribution in [3.05, 3.63) is 46.5 Å². The number of aryl methyl sites for hydroxylation is 1. The van der Waals surface area contributed by atoms with Crippen molar-refractivity contribution in [2.24, 2.45) is 12.5 Å². The smallest absolute Gasteiger partial charge is 0.273 e. The van der Waals surface area contributed by atoms with Gasteiger partial charge in [-0.15, -0.1) is 0 Å². The monoisotopic (exact) mass is 459 g/mol. The lowest BCUT2D eigenvalue weighted by atomic mass is 10.0. The Morgan fingerprint density at radius 1 is 1.40 bits per heavy atom. The third kappa shape index (κ3) is 3.91. The Balaban J connectivity index is 1.90. The van der Waals surface area contributed by atoms with E-state index in [4.69, 9.17) is 16.9 Å². The lowest BCUT2D eigenvalue weighted by molar-refractivity contribution is -0.0447. The number of amides is 1. The Bertz CT molecular complexity index is 1180. The molecule has 2 aromatic rings. The van der Waals surface area contributed by atoms with Crippen molar-refractivity contribution in [2.45, 2.75) is 30.6 Å². The number of hydrogen-bond acceptors (Lipinski definition) is 4. The summed E-state index contributed by atoms with van der Waals surface area (Å²) in [5.74, 6) is -5.51. The van der Waals surface area contributed by atoms with Crippen molar-refractivity contribution in [2.75, 3.05) is 11.1 Å². The van der Waals surface area contributed by atoms with Gasteiger partial charge in [0.25, 0.3) is 11.8 Å². The Kier molecular flexibility index (Phi) is 5.41. The highest BCUT2D eigenvalue weighted by molar-refractivity contribution is 7.91. The van der Waals surface area contributed by atoms with E-state index in [-0.39, 0.29) is 29.8 Å². The van der Waals surface area contributed by atoms with Crippen molar-refractivity contribution >= 4 is 33.0 Å². The molecule has 1 N–H and O–H groups in total. The summed E-state index contributed by atoms with van der Waals surface area (Å²) in [6, 6.07) is 4.97. The van der Waals surface area contributed by atoms with Gasteiger partial charge in [0.1, 0.15) is 22.5 Å². The number of aromatic nitrogens is 1. The molecule has 160 valence electrons. The second kappa shape index (κ2) is 7.32. The Morgan fingerprint density at radius 3 is 2.57 bits per heavy atom. The molecule has 6 nitrogen and oxygen atoms in total. The molecule has 1 aliphatic rings. The highest BCUT2D eigenvalue weighted by Crippen LogP contribution is 2.58. The van der Waals surface area contributed by atoms with Gasteiger partial charge in [0.05, 0.1) is 16.3 Å². The number of alkyl halides is 2. The maximum absolute atomic E-state index is 13.8. The number of nitriles is 1. The molecule has 1 heterocycles. The fourth-order valence-electron chi connectivity index (χ4n) is 3.23. The van der Waals surface area contributed by atoms with Gasteiger partial charge in [-0.05, 0) is 38.0 Å². The quantitative estimate of drug-likeness (QED) is 0.702. The summed E-state index contributed by atoms with van der Waals surface area (Å²) in [5, 5.41) is 10.9. The van der Waals surface area contributed by atoms with E-state index in [1.807, 2.05) is 0 Å². The highest BCUT2D eigenvalue weighted by atomic mass is 35.5. The summed E-state index contributed by atoms with van der Waals surface area (Å²) < 4.78 is 67.8. The van der Waals surface area contributed by atoms with E-state index in [1.165, 1.54) is 17.7 Å². The number of anilines is 1. The molecule has 1 amide bonds. The van der Waals surface area contributed by atoms with Crippen molar-refractivity contribution in [1.82, 2.24) is 4.57 Å². The van der Waals surface area contributed by atoms with E-state index in [9.17, 15) is 26.4 Å². The standard InChI is InChI=1S/C19H17ClF3N3O3S/c1-18(22,23)19(5-6-19)10-30(28,29)14-9-26(2)16(15(14)20)17(27)25-12-3-4-13(21)11(7-12)8-24/h3-4,7,9H,5-6,10H2,1-2H3,(H,25,27). The van der Waals surface area contributed by atoms with Crippen LogP contribution in [0.1, 0.15) is 35.8 Å². The van der Waals surface area contributed by atoms with Crippen LogP contribution in [-0.2, 0) is 16.9 Å². The zero-order valence-corrected chi connectivity index (χ0v) is 17.5. The minimum Gasteiger partial charge on any atom is -0.344 e. The normalized spacial score (nSPS) is 15.5. The predicted octanol–water partition coefficient (Wildman–Crippen LogP) is 4.15. The number of nitrogens with zero attached hydrogens (tertiary/aromatic N) is 2. The van der Waals surface area contributed by atoms with E-state index < -0.39 is 48.6 Å². The van der Waals surface area contributed by atoms with E-state index in [1.54, 1.807) is 6.07 Å². The summed E-state index contributed by atoms with van der Waals surface area (Å²) in [5.41, 5.74) is -2.03. The maximum atomic E-state index is 13.8. The molecule has 1 fully saturated rings. The molecule has 11 heteroatoms. The van der Waals surface area contributed by atoms with Crippen LogP contribution >= 0.6 is 11.6 Å².